The van der Waals surface area contributed by atoms with Crippen LogP contribution in [0.4, 0.5) is 0 Å². The molecule has 1 aliphatic heterocycles. The number of rotatable bonds is 9. The summed E-state index contributed by atoms with van der Waals surface area (Å²) in [5.74, 6) is 0.861. The van der Waals surface area contributed by atoms with Crippen LogP contribution in [0.25, 0.3) is 0 Å². The lowest BCUT2D eigenvalue weighted by Gasteiger charge is -2.12. The van der Waals surface area contributed by atoms with E-state index < -0.39 is 0 Å². The smallest absolute Gasteiger partial charge is 0.184 e. The highest BCUT2D eigenvalue weighted by Gasteiger charge is 2.26. The van der Waals surface area contributed by atoms with E-state index in [0.29, 0.717) is 6.61 Å². The number of methoxy groups -OCH3 is 1. The Balaban J connectivity index is 1.65. The van der Waals surface area contributed by atoms with Crippen molar-refractivity contribution in [1.82, 2.24) is 0 Å². The SMILES string of the molecule is CCCCCCCC[C@@H]1CO[C@@H](c2ccc(OC)cc2)O1. The molecule has 0 radical (unpaired) electrons. The van der Waals surface area contributed by atoms with Crippen molar-refractivity contribution in [1.29, 1.82) is 0 Å². The summed E-state index contributed by atoms with van der Waals surface area (Å²) >= 11 is 0. The molecule has 1 fully saturated rings. The molecular weight excluding hydrogens is 264 g/mol. The fraction of sp³-hybridized carbons (Fsp3) is 0.667. The standard InChI is InChI=1S/C18H28O3/c1-3-4-5-6-7-8-9-17-14-20-18(21-17)15-10-12-16(19-2)13-11-15/h10-13,17-18H,3-9,14H2,1-2H3/t17-,18-/m1/s1. The van der Waals surface area contributed by atoms with Crippen molar-refractivity contribution in [2.24, 2.45) is 0 Å². The van der Waals surface area contributed by atoms with Gasteiger partial charge in [-0.25, -0.2) is 0 Å². The molecule has 0 saturated carbocycles. The fourth-order valence-electron chi connectivity index (χ4n) is 2.69. The molecular formula is C18H28O3. The first-order chi connectivity index (χ1) is 10.3. The maximum absolute atomic E-state index is 5.99. The van der Waals surface area contributed by atoms with Gasteiger partial charge in [-0.3, -0.25) is 0 Å². The Morgan fingerprint density at radius 2 is 1.76 bits per heavy atom. The van der Waals surface area contributed by atoms with Gasteiger partial charge in [0.15, 0.2) is 6.29 Å². The number of unbranched alkanes of at least 4 members (excludes halogenated alkanes) is 5. The van der Waals surface area contributed by atoms with Crippen molar-refractivity contribution in [3.05, 3.63) is 29.8 Å². The number of hydrogen-bond donors (Lipinski definition) is 0. The lowest BCUT2D eigenvalue weighted by molar-refractivity contribution is -0.0614. The zero-order chi connectivity index (χ0) is 14.9. The molecule has 0 aliphatic carbocycles. The van der Waals surface area contributed by atoms with Gasteiger partial charge >= 0.3 is 0 Å². The Bertz CT molecular complexity index is 388. The third kappa shape index (κ3) is 5.33. The van der Waals surface area contributed by atoms with E-state index in [0.717, 1.165) is 17.7 Å². The first-order valence-corrected chi connectivity index (χ1v) is 8.24. The van der Waals surface area contributed by atoms with Crippen molar-refractivity contribution < 1.29 is 14.2 Å². The topological polar surface area (TPSA) is 27.7 Å². The Kier molecular flexibility index (Phi) is 7.04. The van der Waals surface area contributed by atoms with Crippen molar-refractivity contribution in [3.8, 4) is 5.75 Å². The zero-order valence-corrected chi connectivity index (χ0v) is 13.3. The Morgan fingerprint density at radius 3 is 2.48 bits per heavy atom. The largest absolute Gasteiger partial charge is 0.497 e. The summed E-state index contributed by atoms with van der Waals surface area (Å²) in [7, 11) is 1.67. The van der Waals surface area contributed by atoms with Crippen molar-refractivity contribution >= 4 is 0 Å². The molecule has 1 saturated heterocycles. The lowest BCUT2D eigenvalue weighted by Crippen LogP contribution is -2.09. The molecule has 3 heteroatoms. The second kappa shape index (κ2) is 9.06. The molecule has 1 aromatic carbocycles. The Labute approximate surface area is 128 Å². The Morgan fingerprint density at radius 1 is 1.05 bits per heavy atom. The number of benzene rings is 1. The van der Waals surface area contributed by atoms with Gasteiger partial charge in [-0.15, -0.1) is 0 Å². The van der Waals surface area contributed by atoms with Gasteiger partial charge < -0.3 is 14.2 Å². The van der Waals surface area contributed by atoms with E-state index in [1.165, 1.54) is 38.5 Å². The second-order valence-corrected chi connectivity index (χ2v) is 5.75. The van der Waals surface area contributed by atoms with E-state index >= 15 is 0 Å². The van der Waals surface area contributed by atoms with E-state index in [1.807, 2.05) is 24.3 Å². The highest BCUT2D eigenvalue weighted by molar-refractivity contribution is 5.28. The molecule has 3 nitrogen and oxygen atoms in total. The maximum atomic E-state index is 5.99. The molecule has 2 atom stereocenters. The molecule has 0 aromatic heterocycles. The molecule has 1 heterocycles. The van der Waals surface area contributed by atoms with Crippen LogP contribution in [0.3, 0.4) is 0 Å². The highest BCUT2D eigenvalue weighted by atomic mass is 16.7. The average Bonchev–Trinajstić information content (AvgIpc) is 3.00. The summed E-state index contributed by atoms with van der Waals surface area (Å²) in [4.78, 5) is 0. The molecule has 118 valence electrons. The van der Waals surface area contributed by atoms with Crippen LogP contribution in [-0.4, -0.2) is 19.8 Å². The summed E-state index contributed by atoms with van der Waals surface area (Å²) in [5.41, 5.74) is 1.07. The van der Waals surface area contributed by atoms with Crippen LogP contribution in [0.1, 0.15) is 63.7 Å². The van der Waals surface area contributed by atoms with Crippen molar-refractivity contribution in [2.45, 2.75) is 64.3 Å². The molecule has 1 aromatic rings. The molecule has 2 rings (SSSR count). The summed E-state index contributed by atoms with van der Waals surface area (Å²) < 4.78 is 16.9. The average molecular weight is 292 g/mol. The monoisotopic (exact) mass is 292 g/mol. The van der Waals surface area contributed by atoms with Crippen molar-refractivity contribution in [2.75, 3.05) is 13.7 Å². The van der Waals surface area contributed by atoms with Gasteiger partial charge in [0.1, 0.15) is 5.75 Å². The van der Waals surface area contributed by atoms with Crippen LogP contribution >= 0.6 is 0 Å². The van der Waals surface area contributed by atoms with Gasteiger partial charge in [-0.1, -0.05) is 57.6 Å². The molecule has 21 heavy (non-hydrogen) atoms. The molecule has 0 spiro atoms. The van der Waals surface area contributed by atoms with Gasteiger partial charge in [0.2, 0.25) is 0 Å². The summed E-state index contributed by atoms with van der Waals surface area (Å²) in [6, 6.07) is 7.92. The molecule has 1 aliphatic rings. The third-order valence-corrected chi connectivity index (χ3v) is 4.02. The van der Waals surface area contributed by atoms with Gasteiger partial charge in [0.05, 0.1) is 19.8 Å². The van der Waals surface area contributed by atoms with E-state index in [2.05, 4.69) is 6.92 Å². The summed E-state index contributed by atoms with van der Waals surface area (Å²) in [6.45, 7) is 2.97. The van der Waals surface area contributed by atoms with Crippen LogP contribution in [-0.2, 0) is 9.47 Å². The molecule has 0 N–H and O–H groups in total. The lowest BCUT2D eigenvalue weighted by atomic mass is 10.1. The van der Waals surface area contributed by atoms with Crippen LogP contribution in [0.2, 0.25) is 0 Å². The minimum absolute atomic E-state index is 0.207. The predicted molar refractivity (Wildman–Crippen MR) is 84.6 cm³/mol. The first kappa shape index (κ1) is 16.3. The van der Waals surface area contributed by atoms with Crippen LogP contribution in [0.5, 0.6) is 5.75 Å². The number of ether oxygens (including phenoxy) is 3. The van der Waals surface area contributed by atoms with Gasteiger partial charge in [0.25, 0.3) is 0 Å². The van der Waals surface area contributed by atoms with Gasteiger partial charge in [-0.2, -0.15) is 0 Å². The van der Waals surface area contributed by atoms with Crippen LogP contribution < -0.4 is 4.74 Å². The normalized spacial score (nSPS) is 21.6. The fourth-order valence-corrected chi connectivity index (χ4v) is 2.69. The van der Waals surface area contributed by atoms with E-state index in [9.17, 15) is 0 Å². The molecule has 0 unspecified atom stereocenters. The molecule has 0 bridgehead atoms. The summed E-state index contributed by atoms with van der Waals surface area (Å²) in [6.07, 6.45) is 9.10. The van der Waals surface area contributed by atoms with Gasteiger partial charge in [-0.05, 0) is 18.6 Å². The van der Waals surface area contributed by atoms with E-state index in [4.69, 9.17) is 14.2 Å². The second-order valence-electron chi connectivity index (χ2n) is 5.75. The summed E-state index contributed by atoms with van der Waals surface area (Å²) in [5, 5.41) is 0. The van der Waals surface area contributed by atoms with E-state index in [1.54, 1.807) is 7.11 Å². The van der Waals surface area contributed by atoms with Crippen molar-refractivity contribution in [3.63, 3.8) is 0 Å². The Hall–Kier alpha value is -1.06. The van der Waals surface area contributed by atoms with Gasteiger partial charge in [0, 0.05) is 5.56 Å². The van der Waals surface area contributed by atoms with E-state index in [-0.39, 0.29) is 12.4 Å². The highest BCUT2D eigenvalue weighted by Crippen LogP contribution is 2.30. The predicted octanol–water partition coefficient (Wildman–Crippen LogP) is 4.86. The minimum atomic E-state index is -0.207. The third-order valence-electron chi connectivity index (χ3n) is 4.02. The zero-order valence-electron chi connectivity index (χ0n) is 13.3. The maximum Gasteiger partial charge on any atom is 0.184 e. The van der Waals surface area contributed by atoms with Crippen LogP contribution in [0, 0.1) is 0 Å². The minimum Gasteiger partial charge on any atom is -0.497 e. The first-order valence-electron chi connectivity index (χ1n) is 8.24. The number of hydrogen-bond acceptors (Lipinski definition) is 3. The van der Waals surface area contributed by atoms with Crippen LogP contribution in [0.15, 0.2) is 24.3 Å². The quantitative estimate of drug-likeness (QED) is 0.608. The molecule has 0 amide bonds.